The molecule has 0 bridgehead atoms. The number of hydrogen-bond acceptors (Lipinski definition) is 5. The van der Waals surface area contributed by atoms with Crippen molar-refractivity contribution in [1.29, 1.82) is 0 Å². The second-order valence-corrected chi connectivity index (χ2v) is 8.35. The largest absolute Gasteiger partial charge is 0.493 e. The molecule has 0 radical (unpaired) electrons. The van der Waals surface area contributed by atoms with Crippen LogP contribution >= 0.6 is 22.9 Å². The topological polar surface area (TPSA) is 60.5 Å². The zero-order chi connectivity index (χ0) is 21.1. The van der Waals surface area contributed by atoms with E-state index in [1.54, 1.807) is 30.5 Å². The fraction of sp³-hybridized carbons (Fsp3) is 0.130. The van der Waals surface area contributed by atoms with Crippen molar-refractivity contribution in [3.05, 3.63) is 87.1 Å². The fourth-order valence-electron chi connectivity index (χ4n) is 3.03. The maximum atomic E-state index is 12.8. The van der Waals surface area contributed by atoms with Crippen LogP contribution in [-0.2, 0) is 11.2 Å². The second kappa shape index (κ2) is 8.73. The van der Waals surface area contributed by atoms with E-state index in [1.807, 2.05) is 0 Å². The van der Waals surface area contributed by atoms with Gasteiger partial charge in [0.15, 0.2) is 16.6 Å². The lowest BCUT2D eigenvalue weighted by molar-refractivity contribution is -0.112. The van der Waals surface area contributed by atoms with Gasteiger partial charge in [0.25, 0.3) is 5.91 Å². The zero-order valence-electron chi connectivity index (χ0n) is 16.4. The van der Waals surface area contributed by atoms with Gasteiger partial charge in [0.1, 0.15) is 0 Å². The predicted octanol–water partition coefficient (Wildman–Crippen LogP) is 5.63. The Balaban J connectivity index is 1.51. The summed E-state index contributed by atoms with van der Waals surface area (Å²) in [6, 6.07) is 11.8. The number of ether oxygens (including phenoxy) is 2. The molecule has 2 aromatic carbocycles. The minimum Gasteiger partial charge on any atom is -0.493 e. The van der Waals surface area contributed by atoms with Gasteiger partial charge in [-0.2, -0.15) is 0 Å². The van der Waals surface area contributed by atoms with Crippen molar-refractivity contribution in [2.75, 3.05) is 12.4 Å². The molecule has 0 fully saturated rings. The summed E-state index contributed by atoms with van der Waals surface area (Å²) in [5.41, 5.74) is 3.52. The Bertz CT molecular complexity index is 1150. The van der Waals surface area contributed by atoms with Crippen LogP contribution in [0, 0.1) is 6.92 Å². The summed E-state index contributed by atoms with van der Waals surface area (Å²) in [7, 11) is 1.54. The van der Waals surface area contributed by atoms with Gasteiger partial charge in [0, 0.05) is 39.7 Å². The molecule has 0 saturated carbocycles. The number of benzene rings is 2. The molecule has 1 aliphatic rings. The van der Waals surface area contributed by atoms with E-state index >= 15 is 0 Å². The van der Waals surface area contributed by atoms with Crippen LogP contribution in [0.15, 0.2) is 60.5 Å². The van der Waals surface area contributed by atoms with E-state index in [1.165, 1.54) is 35.8 Å². The normalized spacial score (nSPS) is 12.4. The standard InChI is InChI=1S/C23H19ClN2O3S/c1-14-3-5-15(6-4-14)9-19-13-25-23(30-19)26-22(27)16-7-8-29-21-17(10-16)11-18(24)12-20(21)28-2/h3-8,10-13H,9H2,1-2H3,(H,25,26,27). The SMILES string of the molecule is COc1cc(Cl)cc2c1OC=CC(C(=O)Nc1ncc(Cc3ccc(C)cc3)s1)=C2. The quantitative estimate of drug-likeness (QED) is 0.560. The second-order valence-electron chi connectivity index (χ2n) is 6.79. The number of halogens is 1. The Morgan fingerprint density at radius 1 is 1.27 bits per heavy atom. The van der Waals surface area contributed by atoms with Crippen molar-refractivity contribution < 1.29 is 14.3 Å². The fourth-order valence-corrected chi connectivity index (χ4v) is 4.09. The molecule has 0 atom stereocenters. The molecule has 152 valence electrons. The lowest BCUT2D eigenvalue weighted by atomic mass is 10.1. The van der Waals surface area contributed by atoms with Gasteiger partial charge in [-0.25, -0.2) is 4.98 Å². The molecule has 5 nitrogen and oxygen atoms in total. The number of amides is 1. The van der Waals surface area contributed by atoms with Gasteiger partial charge in [-0.1, -0.05) is 41.4 Å². The summed E-state index contributed by atoms with van der Waals surface area (Å²) >= 11 is 7.61. The van der Waals surface area contributed by atoms with Gasteiger partial charge in [-0.3, -0.25) is 10.1 Å². The van der Waals surface area contributed by atoms with Gasteiger partial charge >= 0.3 is 0 Å². The molecule has 1 aromatic heterocycles. The summed E-state index contributed by atoms with van der Waals surface area (Å²) in [4.78, 5) is 18.2. The van der Waals surface area contributed by atoms with Crippen molar-refractivity contribution in [3.63, 3.8) is 0 Å². The number of fused-ring (bicyclic) bond motifs is 1. The molecular weight excluding hydrogens is 420 g/mol. The minimum atomic E-state index is -0.280. The van der Waals surface area contributed by atoms with Crippen LogP contribution in [0.25, 0.3) is 6.08 Å². The first-order chi connectivity index (χ1) is 14.5. The van der Waals surface area contributed by atoms with E-state index in [9.17, 15) is 4.79 Å². The van der Waals surface area contributed by atoms with Gasteiger partial charge in [0.2, 0.25) is 0 Å². The molecule has 1 aliphatic heterocycles. The maximum Gasteiger partial charge on any atom is 0.257 e. The number of thiazole rings is 1. The molecule has 0 spiro atoms. The number of nitrogens with one attached hydrogen (secondary N) is 1. The van der Waals surface area contributed by atoms with Gasteiger partial charge < -0.3 is 9.47 Å². The monoisotopic (exact) mass is 438 g/mol. The van der Waals surface area contributed by atoms with Crippen molar-refractivity contribution in [2.24, 2.45) is 0 Å². The third-order valence-electron chi connectivity index (χ3n) is 4.55. The first-order valence-electron chi connectivity index (χ1n) is 9.26. The van der Waals surface area contributed by atoms with Crippen LogP contribution in [-0.4, -0.2) is 18.0 Å². The van der Waals surface area contributed by atoms with Crippen LogP contribution < -0.4 is 14.8 Å². The van der Waals surface area contributed by atoms with Gasteiger partial charge in [0.05, 0.1) is 13.4 Å². The smallest absolute Gasteiger partial charge is 0.257 e. The van der Waals surface area contributed by atoms with E-state index < -0.39 is 0 Å². The molecule has 0 unspecified atom stereocenters. The Kier molecular flexibility index (Phi) is 5.88. The summed E-state index contributed by atoms with van der Waals surface area (Å²) < 4.78 is 10.9. The lowest BCUT2D eigenvalue weighted by Crippen LogP contribution is -2.12. The Labute approximate surface area is 183 Å². The number of rotatable bonds is 5. The Morgan fingerprint density at radius 3 is 2.83 bits per heavy atom. The molecule has 4 rings (SSSR count). The highest BCUT2D eigenvalue weighted by Gasteiger charge is 2.17. The molecule has 1 amide bonds. The third-order valence-corrected chi connectivity index (χ3v) is 5.68. The van der Waals surface area contributed by atoms with Crippen molar-refractivity contribution in [2.45, 2.75) is 13.3 Å². The van der Waals surface area contributed by atoms with Crippen LogP contribution in [0.3, 0.4) is 0 Å². The van der Waals surface area contributed by atoms with Crippen LogP contribution in [0.4, 0.5) is 5.13 Å². The minimum absolute atomic E-state index is 0.280. The Morgan fingerprint density at radius 2 is 2.07 bits per heavy atom. The van der Waals surface area contributed by atoms with Crippen LogP contribution in [0.1, 0.15) is 21.6 Å². The summed E-state index contributed by atoms with van der Waals surface area (Å²) in [6.07, 6.45) is 7.33. The zero-order valence-corrected chi connectivity index (χ0v) is 18.0. The summed E-state index contributed by atoms with van der Waals surface area (Å²) in [5, 5.41) is 3.90. The predicted molar refractivity (Wildman–Crippen MR) is 120 cm³/mol. The molecule has 2 heterocycles. The average molecular weight is 439 g/mol. The highest BCUT2D eigenvalue weighted by atomic mass is 35.5. The van der Waals surface area contributed by atoms with Gasteiger partial charge in [-0.05, 0) is 30.7 Å². The van der Waals surface area contributed by atoms with Crippen LogP contribution in [0.2, 0.25) is 5.02 Å². The number of carbonyl (C=O) groups excluding carboxylic acids is 1. The first kappa shape index (κ1) is 20.2. The summed E-state index contributed by atoms with van der Waals surface area (Å²) in [6.45, 7) is 2.06. The van der Waals surface area contributed by atoms with E-state index in [4.69, 9.17) is 21.1 Å². The molecule has 3 aromatic rings. The molecule has 0 aliphatic carbocycles. The highest BCUT2D eigenvalue weighted by molar-refractivity contribution is 7.15. The number of aromatic nitrogens is 1. The van der Waals surface area contributed by atoms with Crippen molar-refractivity contribution in [1.82, 2.24) is 4.98 Å². The third kappa shape index (κ3) is 4.56. The Hall–Kier alpha value is -3.09. The van der Waals surface area contributed by atoms with E-state index in [-0.39, 0.29) is 5.91 Å². The van der Waals surface area contributed by atoms with Crippen molar-refractivity contribution >= 4 is 40.1 Å². The number of anilines is 1. The molecular formula is C23H19ClN2O3S. The lowest BCUT2D eigenvalue weighted by Gasteiger charge is -2.10. The first-order valence-corrected chi connectivity index (χ1v) is 10.5. The summed E-state index contributed by atoms with van der Waals surface area (Å²) in [5.74, 6) is 0.731. The molecule has 1 N–H and O–H groups in total. The number of carbonyl (C=O) groups is 1. The average Bonchev–Trinajstić information content (AvgIpc) is 3.04. The molecule has 7 heteroatoms. The molecule has 0 saturated heterocycles. The van der Waals surface area contributed by atoms with Crippen LogP contribution in [0.5, 0.6) is 11.5 Å². The number of nitrogens with zero attached hydrogens (tertiary/aromatic N) is 1. The number of methoxy groups -OCH3 is 1. The van der Waals surface area contributed by atoms with Gasteiger partial charge in [-0.15, -0.1) is 11.3 Å². The molecule has 30 heavy (non-hydrogen) atoms. The number of hydrogen-bond donors (Lipinski definition) is 1. The van der Waals surface area contributed by atoms with Crippen molar-refractivity contribution in [3.8, 4) is 11.5 Å². The van der Waals surface area contributed by atoms with E-state index in [0.717, 1.165) is 11.3 Å². The van der Waals surface area contributed by atoms with E-state index in [2.05, 4.69) is 41.5 Å². The highest BCUT2D eigenvalue weighted by Crippen LogP contribution is 2.37. The van der Waals surface area contributed by atoms with E-state index in [0.29, 0.717) is 32.8 Å². The maximum absolute atomic E-state index is 12.8. The number of aryl methyl sites for hydroxylation is 1.